The number of carbonyl (C=O) groups is 1. The van der Waals surface area contributed by atoms with Crippen LogP contribution >= 0.6 is 11.3 Å². The van der Waals surface area contributed by atoms with Gasteiger partial charge >= 0.3 is 0 Å². The summed E-state index contributed by atoms with van der Waals surface area (Å²) in [4.78, 5) is 21.8. The number of rotatable bonds is 2. The van der Waals surface area contributed by atoms with Crippen LogP contribution in [0.4, 0.5) is 0 Å². The van der Waals surface area contributed by atoms with Crippen LogP contribution in [0, 0.1) is 0 Å². The second-order valence-electron chi connectivity index (χ2n) is 7.80. The highest BCUT2D eigenvalue weighted by Gasteiger charge is 2.39. The summed E-state index contributed by atoms with van der Waals surface area (Å²) in [5.74, 6) is 0.119. The van der Waals surface area contributed by atoms with Crippen LogP contribution in [0.25, 0.3) is 0 Å². The molecular weight excluding hydrogens is 334 g/mol. The van der Waals surface area contributed by atoms with Crippen LogP contribution in [0.15, 0.2) is 6.07 Å². The first-order valence-corrected chi connectivity index (χ1v) is 10.4. The number of aryl methyl sites for hydroxylation is 2. The van der Waals surface area contributed by atoms with E-state index in [0.29, 0.717) is 13.1 Å². The van der Waals surface area contributed by atoms with Crippen LogP contribution in [0.1, 0.15) is 39.4 Å². The normalized spacial score (nSPS) is 28.8. The number of fused-ring (bicyclic) bond motifs is 1. The second kappa shape index (κ2) is 7.35. The average molecular weight is 364 g/mol. The van der Waals surface area contributed by atoms with Crippen LogP contribution < -0.4 is 0 Å². The molecule has 5 nitrogen and oxygen atoms in total. The molecule has 3 aliphatic rings. The van der Waals surface area contributed by atoms with E-state index in [4.69, 9.17) is 0 Å². The van der Waals surface area contributed by atoms with Crippen LogP contribution in [0.2, 0.25) is 0 Å². The van der Waals surface area contributed by atoms with Crippen molar-refractivity contribution in [3.05, 3.63) is 21.4 Å². The highest BCUT2D eigenvalue weighted by molar-refractivity contribution is 7.14. The molecule has 2 atom stereocenters. The third-order valence-electron chi connectivity index (χ3n) is 6.01. The summed E-state index contributed by atoms with van der Waals surface area (Å²) < 4.78 is 0. The number of nitrogens with zero attached hydrogens (tertiary/aromatic N) is 3. The third-order valence-corrected chi connectivity index (χ3v) is 7.24. The first-order valence-electron chi connectivity index (χ1n) is 9.63. The van der Waals surface area contributed by atoms with E-state index in [-0.39, 0.29) is 11.9 Å². The Hall–Kier alpha value is -0.950. The number of hydrogen-bond donors (Lipinski definition) is 1. The van der Waals surface area contributed by atoms with E-state index in [2.05, 4.69) is 22.9 Å². The SMILES string of the molecule is CN1CCN(C2CN(C(=O)c3cc4c(s3)CCCCC4)CC2O)CC1. The lowest BCUT2D eigenvalue weighted by molar-refractivity contribution is 0.0512. The molecular formula is C19H29N3O2S. The Morgan fingerprint density at radius 2 is 1.88 bits per heavy atom. The summed E-state index contributed by atoms with van der Waals surface area (Å²) in [7, 11) is 2.14. The van der Waals surface area contributed by atoms with Crippen molar-refractivity contribution in [1.82, 2.24) is 14.7 Å². The van der Waals surface area contributed by atoms with Gasteiger partial charge in [-0.1, -0.05) is 6.42 Å². The Morgan fingerprint density at radius 3 is 2.68 bits per heavy atom. The standard InChI is InChI=1S/C19H29N3O2S/c1-20-7-9-21(10-8-20)15-12-22(13-16(15)23)19(24)18-11-14-5-3-2-4-6-17(14)25-18/h11,15-16,23H,2-10,12-13H2,1H3. The summed E-state index contributed by atoms with van der Waals surface area (Å²) >= 11 is 1.69. The lowest BCUT2D eigenvalue weighted by Gasteiger charge is -2.37. The van der Waals surface area contributed by atoms with Gasteiger partial charge in [0.1, 0.15) is 0 Å². The maximum absolute atomic E-state index is 13.0. The van der Waals surface area contributed by atoms with Gasteiger partial charge in [0, 0.05) is 44.1 Å². The summed E-state index contributed by atoms with van der Waals surface area (Å²) in [5.41, 5.74) is 1.39. The topological polar surface area (TPSA) is 47.0 Å². The minimum atomic E-state index is -0.426. The van der Waals surface area contributed by atoms with Crippen molar-refractivity contribution < 1.29 is 9.90 Å². The molecule has 6 heteroatoms. The molecule has 25 heavy (non-hydrogen) atoms. The number of aliphatic hydroxyl groups is 1. The predicted octanol–water partition coefficient (Wildman–Crippen LogP) is 1.45. The second-order valence-corrected chi connectivity index (χ2v) is 8.94. The number of piperazine rings is 1. The van der Waals surface area contributed by atoms with Gasteiger partial charge in [0.2, 0.25) is 0 Å². The van der Waals surface area contributed by atoms with Crippen LogP contribution in [0.5, 0.6) is 0 Å². The quantitative estimate of drug-likeness (QED) is 0.808. The molecule has 1 N–H and O–H groups in total. The van der Waals surface area contributed by atoms with Crippen molar-refractivity contribution in [3.63, 3.8) is 0 Å². The first-order chi connectivity index (χ1) is 12.1. The molecule has 4 rings (SSSR count). The lowest BCUT2D eigenvalue weighted by atomic mass is 10.1. The molecule has 0 radical (unpaired) electrons. The maximum Gasteiger partial charge on any atom is 0.264 e. The van der Waals surface area contributed by atoms with E-state index in [9.17, 15) is 9.90 Å². The third kappa shape index (κ3) is 3.63. The molecule has 0 spiro atoms. The molecule has 2 unspecified atom stereocenters. The molecule has 138 valence electrons. The number of carbonyl (C=O) groups excluding carboxylic acids is 1. The fourth-order valence-electron chi connectivity index (χ4n) is 4.38. The van der Waals surface area contributed by atoms with Crippen LogP contribution in [0.3, 0.4) is 0 Å². The van der Waals surface area contributed by atoms with E-state index < -0.39 is 6.10 Å². The average Bonchev–Trinajstić information content (AvgIpc) is 3.12. The maximum atomic E-state index is 13.0. The lowest BCUT2D eigenvalue weighted by Crippen LogP contribution is -2.52. The molecule has 1 aromatic rings. The van der Waals surface area contributed by atoms with E-state index in [0.717, 1.165) is 43.9 Å². The van der Waals surface area contributed by atoms with Crippen molar-refractivity contribution >= 4 is 17.2 Å². The number of likely N-dealkylation sites (tertiary alicyclic amines) is 1. The zero-order valence-corrected chi connectivity index (χ0v) is 15.9. The first kappa shape index (κ1) is 17.5. The minimum absolute atomic E-state index is 0.0930. The molecule has 2 fully saturated rings. The van der Waals surface area contributed by atoms with Gasteiger partial charge in [0.15, 0.2) is 0 Å². The van der Waals surface area contributed by atoms with Gasteiger partial charge in [0.05, 0.1) is 17.0 Å². The molecule has 1 amide bonds. The fourth-order valence-corrected chi connectivity index (χ4v) is 5.60. The van der Waals surface area contributed by atoms with E-state index in [1.165, 1.54) is 29.7 Å². The van der Waals surface area contributed by atoms with Gasteiger partial charge in [-0.2, -0.15) is 0 Å². The molecule has 0 bridgehead atoms. The number of likely N-dealkylation sites (N-methyl/N-ethyl adjacent to an activating group) is 1. The number of amides is 1. The van der Waals surface area contributed by atoms with Crippen molar-refractivity contribution in [2.75, 3.05) is 46.3 Å². The van der Waals surface area contributed by atoms with Gasteiger partial charge in [-0.05, 0) is 44.4 Å². The molecule has 2 aliphatic heterocycles. The Bertz CT molecular complexity index is 601. The molecule has 0 saturated carbocycles. The van der Waals surface area contributed by atoms with Crippen molar-refractivity contribution in [2.24, 2.45) is 0 Å². The summed E-state index contributed by atoms with van der Waals surface area (Å²) in [6.45, 7) is 5.16. The fraction of sp³-hybridized carbons (Fsp3) is 0.737. The van der Waals surface area contributed by atoms with Gasteiger partial charge in [-0.15, -0.1) is 11.3 Å². The van der Waals surface area contributed by atoms with E-state index in [1.807, 2.05) is 4.90 Å². The molecule has 2 saturated heterocycles. The zero-order chi connectivity index (χ0) is 17.4. The van der Waals surface area contributed by atoms with Gasteiger partial charge < -0.3 is 14.9 Å². The summed E-state index contributed by atoms with van der Waals surface area (Å²) in [5, 5.41) is 10.5. The Balaban J connectivity index is 1.43. The van der Waals surface area contributed by atoms with Crippen LogP contribution in [-0.2, 0) is 12.8 Å². The smallest absolute Gasteiger partial charge is 0.264 e. The largest absolute Gasteiger partial charge is 0.390 e. The number of aliphatic hydroxyl groups excluding tert-OH is 1. The highest BCUT2D eigenvalue weighted by atomic mass is 32.1. The van der Waals surface area contributed by atoms with Gasteiger partial charge in [-0.25, -0.2) is 0 Å². The number of thiophene rings is 1. The van der Waals surface area contributed by atoms with E-state index >= 15 is 0 Å². The Kier molecular flexibility index (Phi) is 5.13. The van der Waals surface area contributed by atoms with Gasteiger partial charge in [-0.3, -0.25) is 9.69 Å². The molecule has 1 aromatic heterocycles. The van der Waals surface area contributed by atoms with Gasteiger partial charge in [0.25, 0.3) is 5.91 Å². The predicted molar refractivity (Wildman–Crippen MR) is 100 cm³/mol. The van der Waals surface area contributed by atoms with Crippen molar-refractivity contribution in [2.45, 2.75) is 44.2 Å². The molecule has 0 aromatic carbocycles. The minimum Gasteiger partial charge on any atom is -0.390 e. The summed E-state index contributed by atoms with van der Waals surface area (Å²) in [6, 6.07) is 2.22. The number of hydrogen-bond acceptors (Lipinski definition) is 5. The van der Waals surface area contributed by atoms with E-state index in [1.54, 1.807) is 11.3 Å². The molecule has 3 heterocycles. The van der Waals surface area contributed by atoms with Crippen molar-refractivity contribution in [3.8, 4) is 0 Å². The highest BCUT2D eigenvalue weighted by Crippen LogP contribution is 2.30. The zero-order valence-electron chi connectivity index (χ0n) is 15.1. The Labute approximate surface area is 154 Å². The monoisotopic (exact) mass is 363 g/mol. The Morgan fingerprint density at radius 1 is 1.12 bits per heavy atom. The molecule has 1 aliphatic carbocycles. The van der Waals surface area contributed by atoms with Crippen molar-refractivity contribution in [1.29, 1.82) is 0 Å². The summed E-state index contributed by atoms with van der Waals surface area (Å²) in [6.07, 6.45) is 5.60. The van der Waals surface area contributed by atoms with Crippen LogP contribution in [-0.4, -0.2) is 84.2 Å². The number of β-amino-alcohol motifs (C(OH)–C–C–N with tert-alkyl or cyclic N) is 1.